The first-order valence-corrected chi connectivity index (χ1v) is 9.78. The number of allylic oxidation sites excluding steroid dienone is 1. The molecule has 0 aliphatic carbocycles. The van der Waals surface area contributed by atoms with Crippen LogP contribution in [0.4, 0.5) is 24.5 Å². The fraction of sp³-hybridized carbons (Fsp3) is 0.250. The van der Waals surface area contributed by atoms with Crippen molar-refractivity contribution in [2.45, 2.75) is 12.5 Å². The number of likely N-dealkylation sites (tertiary alicyclic amines) is 1. The van der Waals surface area contributed by atoms with Crippen LogP contribution < -0.4 is 10.6 Å². The van der Waals surface area contributed by atoms with E-state index in [4.69, 9.17) is 0 Å². The van der Waals surface area contributed by atoms with E-state index in [-0.39, 0.29) is 30.9 Å². The molecule has 9 heteroatoms. The van der Waals surface area contributed by atoms with Gasteiger partial charge in [-0.25, -0.2) is 13.2 Å². The third kappa shape index (κ3) is 4.67. The number of hydrogen-bond donors (Lipinski definition) is 3. The molecular weight excluding hydrogens is 498 g/mol. The summed E-state index contributed by atoms with van der Waals surface area (Å²) in [6, 6.07) is 6.17. The summed E-state index contributed by atoms with van der Waals surface area (Å²) < 4.78 is 43.1. The predicted molar refractivity (Wildman–Crippen MR) is 112 cm³/mol. The molecule has 0 spiro atoms. The molecule has 1 saturated heterocycles. The number of amides is 1. The van der Waals surface area contributed by atoms with Crippen molar-refractivity contribution in [2.75, 3.05) is 25.0 Å². The van der Waals surface area contributed by atoms with Gasteiger partial charge < -0.3 is 20.6 Å². The Labute approximate surface area is 179 Å². The van der Waals surface area contributed by atoms with E-state index in [1.54, 1.807) is 13.0 Å². The molecule has 2 aromatic carbocycles. The monoisotopic (exact) mass is 517 g/mol. The van der Waals surface area contributed by atoms with Crippen molar-refractivity contribution < 1.29 is 23.1 Å². The molecule has 0 aromatic heterocycles. The molecule has 1 amide bonds. The third-order valence-corrected chi connectivity index (χ3v) is 5.16. The van der Waals surface area contributed by atoms with Crippen molar-refractivity contribution in [1.82, 2.24) is 10.2 Å². The Morgan fingerprint density at radius 1 is 1.24 bits per heavy atom. The first-order chi connectivity index (χ1) is 13.6. The largest absolute Gasteiger partial charge is 0.386 e. The number of benzene rings is 2. The molecule has 154 valence electrons. The molecule has 1 aliphatic heterocycles. The highest BCUT2D eigenvalue weighted by Crippen LogP contribution is 2.31. The van der Waals surface area contributed by atoms with Crippen LogP contribution in [0.2, 0.25) is 0 Å². The zero-order valence-corrected chi connectivity index (χ0v) is 17.7. The molecule has 0 atom stereocenters. The van der Waals surface area contributed by atoms with Gasteiger partial charge in [0.05, 0.1) is 30.0 Å². The van der Waals surface area contributed by atoms with Gasteiger partial charge in [-0.3, -0.25) is 4.79 Å². The van der Waals surface area contributed by atoms with Crippen LogP contribution in [-0.4, -0.2) is 41.1 Å². The van der Waals surface area contributed by atoms with E-state index in [1.165, 1.54) is 17.0 Å². The summed E-state index contributed by atoms with van der Waals surface area (Å²) in [5, 5.41) is 15.8. The highest BCUT2D eigenvalue weighted by atomic mass is 127. The summed E-state index contributed by atoms with van der Waals surface area (Å²) in [6.07, 6.45) is 0. The lowest BCUT2D eigenvalue weighted by molar-refractivity contribution is -0.0772. The number of halogens is 4. The van der Waals surface area contributed by atoms with Gasteiger partial charge in [0.25, 0.3) is 5.91 Å². The standard InChI is InChI=1S/C20H19F3IN3O2/c1-11(2)25-8-20(29)9-27(10-20)19(28)13-4-5-14(21)17(23)18(13)26-16-6-3-12(24)7-15(16)22/h3-7,25-26,29H,1,8-10H2,2H3. The number of nitrogens with zero attached hydrogens (tertiary/aromatic N) is 1. The molecule has 2 aromatic rings. The Hall–Kier alpha value is -2.27. The van der Waals surface area contributed by atoms with Gasteiger partial charge in [-0.15, -0.1) is 0 Å². The first-order valence-electron chi connectivity index (χ1n) is 8.71. The molecule has 0 unspecified atom stereocenters. The Bertz CT molecular complexity index is 978. The average Bonchev–Trinajstić information content (AvgIpc) is 2.63. The Balaban J connectivity index is 1.84. The number of anilines is 2. The van der Waals surface area contributed by atoms with Gasteiger partial charge in [0.2, 0.25) is 0 Å². The lowest BCUT2D eigenvalue weighted by Crippen LogP contribution is -2.67. The molecule has 29 heavy (non-hydrogen) atoms. The van der Waals surface area contributed by atoms with Gasteiger partial charge in [-0.05, 0) is 59.8 Å². The van der Waals surface area contributed by atoms with Crippen molar-refractivity contribution >= 4 is 39.9 Å². The van der Waals surface area contributed by atoms with E-state index in [2.05, 4.69) is 17.2 Å². The maximum Gasteiger partial charge on any atom is 0.256 e. The minimum absolute atomic E-state index is 0.0163. The smallest absolute Gasteiger partial charge is 0.256 e. The summed E-state index contributed by atoms with van der Waals surface area (Å²) in [6.45, 7) is 5.67. The maximum absolute atomic E-state index is 14.5. The van der Waals surface area contributed by atoms with Crippen LogP contribution >= 0.6 is 22.6 Å². The van der Waals surface area contributed by atoms with Crippen molar-refractivity contribution in [2.24, 2.45) is 0 Å². The van der Waals surface area contributed by atoms with E-state index >= 15 is 0 Å². The van der Waals surface area contributed by atoms with E-state index in [0.29, 0.717) is 9.27 Å². The summed E-state index contributed by atoms with van der Waals surface area (Å²) in [7, 11) is 0. The van der Waals surface area contributed by atoms with Crippen LogP contribution in [-0.2, 0) is 0 Å². The first kappa shape index (κ1) is 21.4. The second kappa shape index (κ2) is 8.23. The van der Waals surface area contributed by atoms with Gasteiger partial charge in [0, 0.05) is 15.8 Å². The van der Waals surface area contributed by atoms with E-state index in [1.807, 2.05) is 22.6 Å². The third-order valence-electron chi connectivity index (χ3n) is 4.49. The molecule has 3 N–H and O–H groups in total. The topological polar surface area (TPSA) is 64.6 Å². The van der Waals surface area contributed by atoms with Gasteiger partial charge in [0.15, 0.2) is 11.6 Å². The van der Waals surface area contributed by atoms with Crippen LogP contribution in [0.1, 0.15) is 17.3 Å². The zero-order valence-electron chi connectivity index (χ0n) is 15.5. The lowest BCUT2D eigenvalue weighted by Gasteiger charge is -2.46. The van der Waals surface area contributed by atoms with Crippen LogP contribution in [0.15, 0.2) is 42.6 Å². The van der Waals surface area contributed by atoms with Crippen molar-refractivity contribution in [1.29, 1.82) is 0 Å². The minimum Gasteiger partial charge on any atom is -0.386 e. The van der Waals surface area contributed by atoms with Gasteiger partial charge in [-0.2, -0.15) is 0 Å². The summed E-state index contributed by atoms with van der Waals surface area (Å²) in [5.74, 6) is -3.71. The van der Waals surface area contributed by atoms with E-state index in [0.717, 1.165) is 12.1 Å². The second-order valence-corrected chi connectivity index (χ2v) is 8.30. The highest BCUT2D eigenvalue weighted by Gasteiger charge is 2.44. The number of β-amino-alcohol motifs (C(OH)–C–C–N with tert-alkyl or cyclic N) is 1. The predicted octanol–water partition coefficient (Wildman–Crippen LogP) is 3.76. The molecule has 0 saturated carbocycles. The van der Waals surface area contributed by atoms with Crippen molar-refractivity contribution in [3.8, 4) is 0 Å². The Morgan fingerprint density at radius 3 is 2.55 bits per heavy atom. The number of carbonyl (C=O) groups excluding carboxylic acids is 1. The zero-order chi connectivity index (χ0) is 21.3. The summed E-state index contributed by atoms with van der Waals surface area (Å²) >= 11 is 1.92. The number of aliphatic hydroxyl groups is 1. The van der Waals surface area contributed by atoms with Crippen LogP contribution in [0, 0.1) is 21.0 Å². The average molecular weight is 517 g/mol. The van der Waals surface area contributed by atoms with E-state index in [9.17, 15) is 23.1 Å². The normalized spacial score (nSPS) is 14.9. The fourth-order valence-corrected chi connectivity index (χ4v) is 3.44. The maximum atomic E-state index is 14.5. The quantitative estimate of drug-likeness (QED) is 0.511. The molecule has 3 rings (SSSR count). The molecule has 0 bridgehead atoms. The van der Waals surface area contributed by atoms with Crippen LogP contribution in [0.25, 0.3) is 0 Å². The molecule has 5 nitrogen and oxygen atoms in total. The van der Waals surface area contributed by atoms with Crippen LogP contribution in [0.5, 0.6) is 0 Å². The summed E-state index contributed by atoms with van der Waals surface area (Å²) in [5.41, 5.74) is -1.16. The number of nitrogens with one attached hydrogen (secondary N) is 2. The minimum atomic E-state index is -1.28. The number of carbonyl (C=O) groups is 1. The number of hydrogen-bond acceptors (Lipinski definition) is 4. The second-order valence-electron chi connectivity index (χ2n) is 7.05. The Kier molecular flexibility index (Phi) is 6.08. The molecule has 0 radical (unpaired) electrons. The summed E-state index contributed by atoms with van der Waals surface area (Å²) in [4.78, 5) is 14.1. The molecule has 1 fully saturated rings. The van der Waals surface area contributed by atoms with Gasteiger partial charge >= 0.3 is 0 Å². The van der Waals surface area contributed by atoms with Crippen molar-refractivity contribution in [3.63, 3.8) is 0 Å². The van der Waals surface area contributed by atoms with Gasteiger partial charge in [-0.1, -0.05) is 6.58 Å². The highest BCUT2D eigenvalue weighted by molar-refractivity contribution is 14.1. The molecular formula is C20H19F3IN3O2. The SMILES string of the molecule is C=C(C)NCC1(O)CN(C(=O)c2ccc(F)c(F)c2Nc2ccc(I)cc2F)C1. The lowest BCUT2D eigenvalue weighted by atomic mass is 9.92. The fourth-order valence-electron chi connectivity index (χ4n) is 2.98. The van der Waals surface area contributed by atoms with Gasteiger partial charge in [0.1, 0.15) is 11.4 Å². The van der Waals surface area contributed by atoms with Crippen LogP contribution in [0.3, 0.4) is 0 Å². The van der Waals surface area contributed by atoms with Crippen molar-refractivity contribution in [3.05, 3.63) is 69.2 Å². The molecule has 1 aliphatic rings. The number of rotatable bonds is 6. The van der Waals surface area contributed by atoms with E-state index < -0.39 is 34.6 Å². The Morgan fingerprint density at radius 2 is 1.93 bits per heavy atom. The molecule has 1 heterocycles.